The van der Waals surface area contributed by atoms with Crippen molar-refractivity contribution in [1.29, 1.82) is 0 Å². The van der Waals surface area contributed by atoms with Crippen LogP contribution in [-0.4, -0.2) is 23.4 Å². The van der Waals surface area contributed by atoms with Crippen LogP contribution in [0.1, 0.15) is 23.6 Å². The van der Waals surface area contributed by atoms with Gasteiger partial charge in [0.1, 0.15) is 6.61 Å². The summed E-state index contributed by atoms with van der Waals surface area (Å²) in [6.07, 6.45) is 1.56. The Balaban J connectivity index is 1.56. The minimum absolute atomic E-state index is 0.0126. The Morgan fingerprint density at radius 3 is 2.63 bits per heavy atom. The van der Waals surface area contributed by atoms with Crippen molar-refractivity contribution in [3.05, 3.63) is 103 Å². The molecule has 8 nitrogen and oxygen atoms in total. The van der Waals surface area contributed by atoms with Crippen LogP contribution in [0.25, 0.3) is 6.08 Å². The quantitative estimate of drug-likeness (QED) is 0.153. The van der Waals surface area contributed by atoms with Crippen LogP contribution in [0.3, 0.4) is 0 Å². The van der Waals surface area contributed by atoms with Crippen LogP contribution in [0, 0.1) is 10.1 Å². The number of aliphatic imine (C=N–C) groups is 1. The highest BCUT2D eigenvalue weighted by molar-refractivity contribution is 6.37. The van der Waals surface area contributed by atoms with E-state index in [9.17, 15) is 14.9 Å². The molecule has 0 bridgehead atoms. The molecule has 0 atom stereocenters. The van der Waals surface area contributed by atoms with E-state index in [1.54, 1.807) is 48.5 Å². The second kappa shape index (κ2) is 10.6. The van der Waals surface area contributed by atoms with Gasteiger partial charge in [-0.2, -0.15) is 0 Å². The first kappa shape index (κ1) is 24.3. The maximum Gasteiger partial charge on any atom is 0.363 e. The molecule has 3 aromatic rings. The Kier molecular flexibility index (Phi) is 7.33. The molecule has 0 saturated carbocycles. The van der Waals surface area contributed by atoms with Gasteiger partial charge >= 0.3 is 5.97 Å². The van der Waals surface area contributed by atoms with E-state index in [0.717, 1.165) is 0 Å². The summed E-state index contributed by atoms with van der Waals surface area (Å²) in [7, 11) is 0. The van der Waals surface area contributed by atoms with Crippen molar-refractivity contribution in [2.45, 2.75) is 13.5 Å². The van der Waals surface area contributed by atoms with E-state index in [0.29, 0.717) is 44.8 Å². The normalized spacial score (nSPS) is 14.0. The van der Waals surface area contributed by atoms with Gasteiger partial charge in [0.2, 0.25) is 5.90 Å². The number of benzene rings is 3. The maximum atomic E-state index is 12.4. The Morgan fingerprint density at radius 1 is 1.06 bits per heavy atom. The Bertz CT molecular complexity index is 1370. The summed E-state index contributed by atoms with van der Waals surface area (Å²) in [5.74, 6) is 0.370. The summed E-state index contributed by atoms with van der Waals surface area (Å²) in [4.78, 5) is 27.2. The Morgan fingerprint density at radius 2 is 1.89 bits per heavy atom. The van der Waals surface area contributed by atoms with E-state index < -0.39 is 10.9 Å². The van der Waals surface area contributed by atoms with Gasteiger partial charge in [0, 0.05) is 17.2 Å². The zero-order valence-corrected chi connectivity index (χ0v) is 19.9. The average molecular weight is 513 g/mol. The molecule has 0 spiro atoms. The number of hydrogen-bond acceptors (Lipinski definition) is 7. The number of nitrogens with zero attached hydrogens (tertiary/aromatic N) is 2. The molecule has 10 heteroatoms. The van der Waals surface area contributed by atoms with Crippen molar-refractivity contribution in [1.82, 2.24) is 0 Å². The topological polar surface area (TPSA) is 100 Å². The molecule has 0 aliphatic carbocycles. The van der Waals surface area contributed by atoms with Gasteiger partial charge in [-0.1, -0.05) is 41.4 Å². The van der Waals surface area contributed by atoms with E-state index in [-0.39, 0.29) is 23.9 Å². The van der Waals surface area contributed by atoms with Crippen molar-refractivity contribution in [2.24, 2.45) is 4.99 Å². The lowest BCUT2D eigenvalue weighted by atomic mass is 10.1. The molecule has 1 aliphatic rings. The minimum Gasteiger partial charge on any atom is -0.490 e. The molecule has 178 valence electrons. The Hall–Kier alpha value is -3.88. The van der Waals surface area contributed by atoms with E-state index in [4.69, 9.17) is 37.4 Å². The van der Waals surface area contributed by atoms with Crippen LogP contribution >= 0.6 is 23.2 Å². The first-order chi connectivity index (χ1) is 16.8. The molecule has 0 saturated heterocycles. The molecule has 1 heterocycles. The third-order valence-corrected chi connectivity index (χ3v) is 5.42. The number of non-ortho nitro benzene ring substituents is 1. The fraction of sp³-hybridized carbons (Fsp3) is 0.120. The highest BCUT2D eigenvalue weighted by Gasteiger charge is 2.26. The summed E-state index contributed by atoms with van der Waals surface area (Å²) >= 11 is 12.1. The second-order valence-electron chi connectivity index (χ2n) is 7.32. The highest BCUT2D eigenvalue weighted by atomic mass is 35.5. The summed E-state index contributed by atoms with van der Waals surface area (Å²) < 4.78 is 16.8. The number of nitro groups is 1. The summed E-state index contributed by atoms with van der Waals surface area (Å²) in [5, 5.41) is 11.8. The standard InChI is InChI=1S/C25H18Cl2N2O6/c1-2-33-23-12-15(6-9-22(23)34-14-16-4-3-5-18(10-16)29(31)32)11-21-25(30)35-24(28-21)19-8-7-17(26)13-20(19)27/h3-13H,2,14H2,1H3/b21-11-. The fourth-order valence-electron chi connectivity index (χ4n) is 3.27. The minimum atomic E-state index is -0.616. The van der Waals surface area contributed by atoms with Crippen LogP contribution in [0.2, 0.25) is 10.0 Å². The largest absolute Gasteiger partial charge is 0.490 e. The number of rotatable bonds is 8. The number of esters is 1. The SMILES string of the molecule is CCOc1cc(/C=C2\N=C(c3ccc(Cl)cc3Cl)OC2=O)ccc1OCc1cccc([N+](=O)[O-])c1. The molecule has 35 heavy (non-hydrogen) atoms. The lowest BCUT2D eigenvalue weighted by molar-refractivity contribution is -0.384. The van der Waals surface area contributed by atoms with Crippen LogP contribution < -0.4 is 9.47 Å². The predicted octanol–water partition coefficient (Wildman–Crippen LogP) is 6.22. The highest BCUT2D eigenvalue weighted by Crippen LogP contribution is 2.32. The van der Waals surface area contributed by atoms with Crippen molar-refractivity contribution in [3.63, 3.8) is 0 Å². The first-order valence-corrected chi connectivity index (χ1v) is 11.2. The fourth-order valence-corrected chi connectivity index (χ4v) is 3.76. The maximum absolute atomic E-state index is 12.4. The van der Waals surface area contributed by atoms with Gasteiger partial charge in [0.05, 0.1) is 22.1 Å². The number of hydrogen-bond donors (Lipinski definition) is 0. The van der Waals surface area contributed by atoms with Crippen molar-refractivity contribution in [3.8, 4) is 11.5 Å². The van der Waals surface area contributed by atoms with Gasteiger partial charge < -0.3 is 14.2 Å². The van der Waals surface area contributed by atoms with E-state index in [1.807, 2.05) is 6.92 Å². The van der Waals surface area contributed by atoms with Crippen molar-refractivity contribution < 1.29 is 23.9 Å². The van der Waals surface area contributed by atoms with E-state index in [2.05, 4.69) is 4.99 Å². The van der Waals surface area contributed by atoms with Gasteiger partial charge in [-0.3, -0.25) is 10.1 Å². The molecule has 3 aromatic carbocycles. The van der Waals surface area contributed by atoms with Gasteiger partial charge in [-0.15, -0.1) is 0 Å². The third-order valence-electron chi connectivity index (χ3n) is 4.87. The molecular formula is C25H18Cl2N2O6. The molecular weight excluding hydrogens is 495 g/mol. The molecule has 0 aromatic heterocycles. The zero-order valence-electron chi connectivity index (χ0n) is 18.4. The molecule has 0 N–H and O–H groups in total. The lowest BCUT2D eigenvalue weighted by Crippen LogP contribution is -2.06. The molecule has 1 aliphatic heterocycles. The second-order valence-corrected chi connectivity index (χ2v) is 8.16. The third kappa shape index (κ3) is 5.79. The summed E-state index contributed by atoms with van der Waals surface area (Å²) in [5.41, 5.74) is 1.81. The van der Waals surface area contributed by atoms with Gasteiger partial charge in [-0.25, -0.2) is 9.79 Å². The predicted molar refractivity (Wildman–Crippen MR) is 132 cm³/mol. The van der Waals surface area contributed by atoms with Crippen molar-refractivity contribution in [2.75, 3.05) is 6.61 Å². The van der Waals surface area contributed by atoms with Crippen molar-refractivity contribution >= 4 is 46.8 Å². The zero-order chi connectivity index (χ0) is 24.9. The number of ether oxygens (including phenoxy) is 3. The van der Waals surface area contributed by atoms with Crippen LogP contribution in [-0.2, 0) is 16.1 Å². The number of carbonyl (C=O) groups is 1. The van der Waals surface area contributed by atoms with Crippen LogP contribution in [0.15, 0.2) is 71.4 Å². The summed E-state index contributed by atoms with van der Waals surface area (Å²) in [6.45, 7) is 2.33. The Labute approximate surface area is 210 Å². The lowest BCUT2D eigenvalue weighted by Gasteiger charge is -2.13. The number of nitro benzene ring substituents is 1. The van der Waals surface area contributed by atoms with E-state index >= 15 is 0 Å². The molecule has 0 fully saturated rings. The monoisotopic (exact) mass is 512 g/mol. The summed E-state index contributed by atoms with van der Waals surface area (Å²) in [6, 6.07) is 16.1. The van der Waals surface area contributed by atoms with Gasteiger partial charge in [0.25, 0.3) is 5.69 Å². The van der Waals surface area contributed by atoms with Crippen LogP contribution in [0.4, 0.5) is 5.69 Å². The van der Waals surface area contributed by atoms with Gasteiger partial charge in [0.15, 0.2) is 17.2 Å². The number of cyclic esters (lactones) is 1. The molecule has 4 rings (SSSR count). The smallest absolute Gasteiger partial charge is 0.363 e. The van der Waals surface area contributed by atoms with Gasteiger partial charge in [-0.05, 0) is 54.5 Å². The molecule has 0 amide bonds. The average Bonchev–Trinajstić information content (AvgIpc) is 3.18. The molecule has 0 radical (unpaired) electrons. The van der Waals surface area contributed by atoms with E-state index in [1.165, 1.54) is 18.2 Å². The first-order valence-electron chi connectivity index (χ1n) is 10.4. The number of carbonyl (C=O) groups excluding carboxylic acids is 1. The van der Waals surface area contributed by atoms with Crippen LogP contribution in [0.5, 0.6) is 11.5 Å². The number of halogens is 2. The molecule has 0 unspecified atom stereocenters.